The molecule has 1 heteroatoms. The van der Waals surface area contributed by atoms with Crippen LogP contribution in [-0.2, 0) is 0 Å². The second kappa shape index (κ2) is 3.38. The van der Waals surface area contributed by atoms with Crippen molar-refractivity contribution in [3.8, 4) is 6.07 Å². The van der Waals surface area contributed by atoms with Crippen molar-refractivity contribution in [2.24, 2.45) is 17.3 Å². The van der Waals surface area contributed by atoms with Gasteiger partial charge in [0, 0.05) is 0 Å². The van der Waals surface area contributed by atoms with Crippen molar-refractivity contribution in [1.82, 2.24) is 0 Å². The van der Waals surface area contributed by atoms with E-state index in [1.807, 2.05) is 6.92 Å². The predicted molar refractivity (Wildman–Crippen MR) is 54.9 cm³/mol. The van der Waals surface area contributed by atoms with Crippen LogP contribution in [0.1, 0.15) is 27.7 Å². The van der Waals surface area contributed by atoms with Gasteiger partial charge in [-0.1, -0.05) is 39.0 Å². The Morgan fingerprint density at radius 1 is 1.54 bits per heavy atom. The lowest BCUT2D eigenvalue weighted by Crippen LogP contribution is -2.27. The maximum Gasteiger partial charge on any atom is 0.0697 e. The molecule has 0 radical (unpaired) electrons. The topological polar surface area (TPSA) is 23.8 Å². The molecule has 0 fully saturated rings. The third-order valence-corrected chi connectivity index (χ3v) is 3.22. The number of nitriles is 1. The SMILES string of the molecule is CC(C#N)C1=CC=CC(C)C1(C)C. The minimum Gasteiger partial charge on any atom is -0.198 e. The molecule has 0 aromatic rings. The first-order valence-corrected chi connectivity index (χ1v) is 4.78. The monoisotopic (exact) mass is 175 g/mol. The zero-order valence-corrected chi connectivity index (χ0v) is 8.83. The van der Waals surface area contributed by atoms with Crippen LogP contribution in [-0.4, -0.2) is 0 Å². The molecule has 1 aliphatic carbocycles. The predicted octanol–water partition coefficient (Wildman–Crippen LogP) is 3.30. The van der Waals surface area contributed by atoms with Crippen molar-refractivity contribution < 1.29 is 0 Å². The average molecular weight is 175 g/mol. The highest BCUT2D eigenvalue weighted by molar-refractivity contribution is 5.31. The first kappa shape index (κ1) is 10.1. The van der Waals surface area contributed by atoms with Crippen LogP contribution in [0.5, 0.6) is 0 Å². The molecule has 0 saturated carbocycles. The minimum absolute atomic E-state index is 0.0300. The van der Waals surface area contributed by atoms with Gasteiger partial charge in [0.2, 0.25) is 0 Å². The normalized spacial score (nSPS) is 27.6. The van der Waals surface area contributed by atoms with Crippen molar-refractivity contribution in [2.45, 2.75) is 27.7 Å². The van der Waals surface area contributed by atoms with Crippen molar-refractivity contribution in [2.75, 3.05) is 0 Å². The largest absolute Gasteiger partial charge is 0.198 e. The molecule has 0 N–H and O–H groups in total. The summed E-state index contributed by atoms with van der Waals surface area (Å²) in [5.74, 6) is 0.547. The van der Waals surface area contributed by atoms with Gasteiger partial charge < -0.3 is 0 Å². The van der Waals surface area contributed by atoms with Crippen molar-refractivity contribution in [1.29, 1.82) is 5.26 Å². The molecule has 0 heterocycles. The quantitative estimate of drug-likeness (QED) is 0.600. The number of hydrogen-bond donors (Lipinski definition) is 0. The van der Waals surface area contributed by atoms with Crippen LogP contribution in [0.15, 0.2) is 23.8 Å². The van der Waals surface area contributed by atoms with E-state index in [0.29, 0.717) is 5.92 Å². The molecular formula is C12H17N. The van der Waals surface area contributed by atoms with E-state index in [0.717, 1.165) is 0 Å². The molecular weight excluding hydrogens is 158 g/mol. The summed E-state index contributed by atoms with van der Waals surface area (Å²) in [6, 6.07) is 2.31. The van der Waals surface area contributed by atoms with Crippen LogP contribution in [0, 0.1) is 28.6 Å². The molecule has 0 aliphatic heterocycles. The van der Waals surface area contributed by atoms with E-state index in [2.05, 4.69) is 45.1 Å². The molecule has 0 bridgehead atoms. The van der Waals surface area contributed by atoms with E-state index >= 15 is 0 Å². The molecule has 1 aliphatic rings. The van der Waals surface area contributed by atoms with Gasteiger partial charge in [-0.3, -0.25) is 0 Å². The first-order valence-electron chi connectivity index (χ1n) is 4.78. The summed E-state index contributed by atoms with van der Waals surface area (Å²) in [5, 5.41) is 8.89. The van der Waals surface area contributed by atoms with Crippen LogP contribution in [0.4, 0.5) is 0 Å². The van der Waals surface area contributed by atoms with Crippen LogP contribution >= 0.6 is 0 Å². The highest BCUT2D eigenvalue weighted by Gasteiger charge is 2.32. The van der Waals surface area contributed by atoms with Crippen LogP contribution in [0.3, 0.4) is 0 Å². The van der Waals surface area contributed by atoms with Gasteiger partial charge in [0.05, 0.1) is 12.0 Å². The van der Waals surface area contributed by atoms with Crippen LogP contribution in [0.25, 0.3) is 0 Å². The number of nitrogens with zero attached hydrogens (tertiary/aromatic N) is 1. The van der Waals surface area contributed by atoms with Crippen LogP contribution in [0.2, 0.25) is 0 Å². The number of hydrogen-bond acceptors (Lipinski definition) is 1. The Labute approximate surface area is 80.8 Å². The minimum atomic E-state index is 0.0300. The van der Waals surface area contributed by atoms with Crippen molar-refractivity contribution in [3.05, 3.63) is 23.8 Å². The van der Waals surface area contributed by atoms with Gasteiger partial charge in [0.25, 0.3) is 0 Å². The Morgan fingerprint density at radius 2 is 2.15 bits per heavy atom. The zero-order chi connectivity index (χ0) is 10.1. The summed E-state index contributed by atoms with van der Waals surface area (Å²) >= 11 is 0. The number of rotatable bonds is 1. The second-order valence-corrected chi connectivity index (χ2v) is 4.37. The fourth-order valence-electron chi connectivity index (χ4n) is 1.82. The van der Waals surface area contributed by atoms with Gasteiger partial charge in [0.1, 0.15) is 0 Å². The summed E-state index contributed by atoms with van der Waals surface area (Å²) in [4.78, 5) is 0. The van der Waals surface area contributed by atoms with Gasteiger partial charge >= 0.3 is 0 Å². The molecule has 13 heavy (non-hydrogen) atoms. The fraction of sp³-hybridized carbons (Fsp3) is 0.583. The Kier molecular flexibility index (Phi) is 2.61. The standard InChI is InChI=1S/C12H17N/c1-9(8-13)11-7-5-6-10(2)12(11,3)4/h5-7,9-10H,1-4H3. The lowest BCUT2D eigenvalue weighted by Gasteiger charge is -2.36. The van der Waals surface area contributed by atoms with E-state index in [4.69, 9.17) is 5.26 Å². The highest BCUT2D eigenvalue weighted by Crippen LogP contribution is 2.41. The third-order valence-electron chi connectivity index (χ3n) is 3.22. The van der Waals surface area contributed by atoms with Crippen LogP contribution < -0.4 is 0 Å². The van der Waals surface area contributed by atoms with E-state index in [9.17, 15) is 0 Å². The van der Waals surface area contributed by atoms with Gasteiger partial charge in [-0.25, -0.2) is 0 Å². The van der Waals surface area contributed by atoms with Gasteiger partial charge in [0.15, 0.2) is 0 Å². The molecule has 0 aromatic carbocycles. The molecule has 70 valence electrons. The summed E-state index contributed by atoms with van der Waals surface area (Å²) in [5.41, 5.74) is 1.38. The lowest BCUT2D eigenvalue weighted by atomic mass is 9.68. The maximum atomic E-state index is 8.89. The summed E-state index contributed by atoms with van der Waals surface area (Å²) < 4.78 is 0. The Morgan fingerprint density at radius 3 is 2.69 bits per heavy atom. The summed E-state index contributed by atoms with van der Waals surface area (Å²) in [6.45, 7) is 8.59. The van der Waals surface area contributed by atoms with E-state index in [-0.39, 0.29) is 11.3 Å². The molecule has 1 rings (SSSR count). The Balaban J connectivity index is 3.03. The van der Waals surface area contributed by atoms with Crippen molar-refractivity contribution in [3.63, 3.8) is 0 Å². The van der Waals surface area contributed by atoms with Gasteiger partial charge in [-0.15, -0.1) is 0 Å². The maximum absolute atomic E-state index is 8.89. The Hall–Kier alpha value is -1.03. The summed E-state index contributed by atoms with van der Waals surface area (Å²) in [6.07, 6.45) is 6.36. The first-order chi connectivity index (χ1) is 6.00. The molecule has 0 aromatic heterocycles. The van der Waals surface area contributed by atoms with Gasteiger partial charge in [-0.2, -0.15) is 5.26 Å². The van der Waals surface area contributed by atoms with E-state index in [1.54, 1.807) is 0 Å². The summed E-state index contributed by atoms with van der Waals surface area (Å²) in [7, 11) is 0. The Bertz CT molecular complexity index is 289. The molecule has 0 amide bonds. The van der Waals surface area contributed by atoms with E-state index in [1.165, 1.54) is 5.57 Å². The van der Waals surface area contributed by atoms with Crippen molar-refractivity contribution >= 4 is 0 Å². The fourth-order valence-corrected chi connectivity index (χ4v) is 1.82. The zero-order valence-electron chi connectivity index (χ0n) is 8.83. The molecule has 0 spiro atoms. The lowest BCUT2D eigenvalue weighted by molar-refractivity contribution is 0.318. The third kappa shape index (κ3) is 1.67. The average Bonchev–Trinajstić information content (AvgIpc) is 2.08. The van der Waals surface area contributed by atoms with E-state index < -0.39 is 0 Å². The molecule has 2 unspecified atom stereocenters. The smallest absolute Gasteiger partial charge is 0.0697 e. The highest BCUT2D eigenvalue weighted by atomic mass is 14.4. The van der Waals surface area contributed by atoms with Gasteiger partial charge in [-0.05, 0) is 23.8 Å². The molecule has 2 atom stereocenters. The molecule has 0 saturated heterocycles. The second-order valence-electron chi connectivity index (χ2n) is 4.37. The number of allylic oxidation sites excluding steroid dienone is 4. The molecule has 1 nitrogen and oxygen atoms in total.